The number of hydrogen-bond donors (Lipinski definition) is 1. The number of nitrogens with two attached hydrogens (primary N) is 1. The molecule has 3 heterocycles. The van der Waals surface area contributed by atoms with Crippen molar-refractivity contribution in [2.75, 3.05) is 0 Å². The lowest BCUT2D eigenvalue weighted by molar-refractivity contribution is 0.119. The van der Waals surface area contributed by atoms with Gasteiger partial charge in [0.15, 0.2) is 0 Å². The largest absolute Gasteiger partial charge is 0.360 e. The monoisotopic (exact) mass is 391 g/mol. The zero-order valence-corrected chi connectivity index (χ0v) is 16.1. The normalized spacial score (nSPS) is 28.7. The highest BCUT2D eigenvalue weighted by Gasteiger charge is 2.42. The van der Waals surface area contributed by atoms with Crippen molar-refractivity contribution in [2.24, 2.45) is 5.73 Å². The zero-order chi connectivity index (χ0) is 17.8. The number of rotatable bonds is 4. The Labute approximate surface area is 163 Å². The van der Waals surface area contributed by atoms with Crippen LogP contribution >= 0.6 is 23.2 Å². The highest BCUT2D eigenvalue weighted by atomic mass is 35.5. The summed E-state index contributed by atoms with van der Waals surface area (Å²) in [5, 5.41) is 5.67. The predicted molar refractivity (Wildman–Crippen MR) is 103 cm³/mol. The average molecular weight is 392 g/mol. The summed E-state index contributed by atoms with van der Waals surface area (Å²) in [5.74, 6) is 1.53. The summed E-state index contributed by atoms with van der Waals surface area (Å²) in [6, 6.07) is 7.07. The van der Waals surface area contributed by atoms with Crippen LogP contribution in [0.5, 0.6) is 0 Å². The molecule has 2 saturated heterocycles. The molecule has 0 radical (unpaired) electrons. The van der Waals surface area contributed by atoms with Crippen LogP contribution in [0, 0.1) is 0 Å². The first-order valence-corrected chi connectivity index (χ1v) is 10.3. The van der Waals surface area contributed by atoms with Crippen molar-refractivity contribution in [3.8, 4) is 11.3 Å². The molecule has 4 nitrogen and oxygen atoms in total. The van der Waals surface area contributed by atoms with Crippen molar-refractivity contribution in [3.05, 3.63) is 39.6 Å². The second-order valence-corrected chi connectivity index (χ2v) is 8.85. The van der Waals surface area contributed by atoms with Gasteiger partial charge in [0.1, 0.15) is 11.5 Å². The van der Waals surface area contributed by atoms with Crippen LogP contribution in [0.25, 0.3) is 11.3 Å². The minimum atomic E-state index is 0.339. The Morgan fingerprint density at radius 3 is 2.35 bits per heavy atom. The van der Waals surface area contributed by atoms with Crippen LogP contribution in [-0.4, -0.2) is 28.2 Å². The van der Waals surface area contributed by atoms with Crippen LogP contribution in [0.15, 0.2) is 22.7 Å². The number of piperidine rings is 1. The third kappa shape index (κ3) is 2.88. The summed E-state index contributed by atoms with van der Waals surface area (Å²) in [6.07, 6.45) is 7.01. The topological polar surface area (TPSA) is 55.3 Å². The summed E-state index contributed by atoms with van der Waals surface area (Å²) in [6.45, 7) is 0.855. The van der Waals surface area contributed by atoms with E-state index in [4.69, 9.17) is 33.5 Å². The van der Waals surface area contributed by atoms with Gasteiger partial charge in [0.05, 0.1) is 10.0 Å². The number of benzene rings is 1. The maximum Gasteiger partial charge on any atom is 0.144 e. The van der Waals surface area contributed by atoms with E-state index in [0.29, 0.717) is 34.1 Å². The van der Waals surface area contributed by atoms with Crippen molar-refractivity contribution >= 4 is 23.2 Å². The van der Waals surface area contributed by atoms with Crippen LogP contribution in [0.3, 0.4) is 0 Å². The molecule has 5 rings (SSSR count). The van der Waals surface area contributed by atoms with Gasteiger partial charge in [-0.05, 0) is 50.7 Å². The maximum atomic E-state index is 6.48. The lowest BCUT2D eigenvalue weighted by Crippen LogP contribution is -2.46. The molecule has 6 heteroatoms. The van der Waals surface area contributed by atoms with E-state index < -0.39 is 0 Å². The van der Waals surface area contributed by atoms with E-state index >= 15 is 0 Å². The van der Waals surface area contributed by atoms with Gasteiger partial charge in [0.2, 0.25) is 0 Å². The van der Waals surface area contributed by atoms with Gasteiger partial charge in [-0.2, -0.15) is 0 Å². The molecular formula is C20H23Cl2N3O. The van der Waals surface area contributed by atoms with Gasteiger partial charge in [0.25, 0.3) is 0 Å². The van der Waals surface area contributed by atoms with Gasteiger partial charge in [-0.15, -0.1) is 0 Å². The van der Waals surface area contributed by atoms with E-state index in [1.54, 1.807) is 0 Å². The molecule has 26 heavy (non-hydrogen) atoms. The van der Waals surface area contributed by atoms with Crippen molar-refractivity contribution in [3.63, 3.8) is 0 Å². The maximum absolute atomic E-state index is 6.48. The average Bonchev–Trinajstić information content (AvgIpc) is 3.32. The molecule has 2 aliphatic heterocycles. The lowest BCUT2D eigenvalue weighted by Gasteiger charge is -2.37. The van der Waals surface area contributed by atoms with Crippen LogP contribution in [0.2, 0.25) is 10.0 Å². The van der Waals surface area contributed by atoms with E-state index in [9.17, 15) is 0 Å². The Kier molecular flexibility index (Phi) is 4.28. The Bertz CT molecular complexity index is 798. The smallest absolute Gasteiger partial charge is 0.144 e. The number of fused-ring (bicyclic) bond motifs is 2. The molecule has 1 saturated carbocycles. The molecule has 2 unspecified atom stereocenters. The molecule has 2 bridgehead atoms. The van der Waals surface area contributed by atoms with E-state index in [0.717, 1.165) is 36.4 Å². The highest BCUT2D eigenvalue weighted by Crippen LogP contribution is 2.47. The minimum absolute atomic E-state index is 0.339. The number of hydrogen-bond acceptors (Lipinski definition) is 4. The van der Waals surface area contributed by atoms with Gasteiger partial charge in [-0.1, -0.05) is 34.4 Å². The van der Waals surface area contributed by atoms with E-state index in [-0.39, 0.29) is 0 Å². The first kappa shape index (κ1) is 17.1. The van der Waals surface area contributed by atoms with Crippen LogP contribution in [0.1, 0.15) is 55.8 Å². The second-order valence-electron chi connectivity index (χ2n) is 8.03. The lowest BCUT2D eigenvalue weighted by atomic mass is 9.96. The fourth-order valence-electron chi connectivity index (χ4n) is 4.82. The predicted octanol–water partition coefficient (Wildman–Crippen LogP) is 4.98. The Hall–Kier alpha value is -1.07. The summed E-state index contributed by atoms with van der Waals surface area (Å²) in [5.41, 5.74) is 9.03. The molecule has 2 N–H and O–H groups in total. The molecule has 138 valence electrons. The molecule has 3 fully saturated rings. The molecule has 3 aliphatic rings. The number of halogens is 2. The van der Waals surface area contributed by atoms with Crippen molar-refractivity contribution in [1.29, 1.82) is 0 Å². The third-order valence-electron chi connectivity index (χ3n) is 6.23. The zero-order valence-electron chi connectivity index (χ0n) is 14.6. The Morgan fingerprint density at radius 1 is 1.08 bits per heavy atom. The van der Waals surface area contributed by atoms with Crippen molar-refractivity contribution < 1.29 is 4.52 Å². The van der Waals surface area contributed by atoms with Crippen LogP contribution in [-0.2, 0) is 6.54 Å². The number of aromatic nitrogens is 1. The fraction of sp³-hybridized carbons (Fsp3) is 0.550. The van der Waals surface area contributed by atoms with Crippen molar-refractivity contribution in [2.45, 2.75) is 69.1 Å². The molecule has 2 atom stereocenters. The Morgan fingerprint density at radius 2 is 1.73 bits per heavy atom. The van der Waals surface area contributed by atoms with Gasteiger partial charge >= 0.3 is 0 Å². The summed E-state index contributed by atoms with van der Waals surface area (Å²) in [7, 11) is 0. The molecule has 0 amide bonds. The molecule has 2 aromatic rings. The molecular weight excluding hydrogens is 369 g/mol. The molecule has 1 aliphatic carbocycles. The molecule has 1 aromatic carbocycles. The van der Waals surface area contributed by atoms with Gasteiger partial charge < -0.3 is 10.3 Å². The minimum Gasteiger partial charge on any atom is -0.360 e. The third-order valence-corrected chi connectivity index (χ3v) is 6.86. The summed E-state index contributed by atoms with van der Waals surface area (Å²) >= 11 is 13.0. The Balaban J connectivity index is 1.55. The fourth-order valence-corrected chi connectivity index (χ4v) is 5.39. The van der Waals surface area contributed by atoms with Crippen LogP contribution in [0.4, 0.5) is 0 Å². The second kappa shape index (κ2) is 6.52. The van der Waals surface area contributed by atoms with Gasteiger partial charge in [-0.25, -0.2) is 0 Å². The first-order valence-electron chi connectivity index (χ1n) is 9.56. The molecule has 0 spiro atoms. The number of nitrogens with zero attached hydrogens (tertiary/aromatic N) is 2. The summed E-state index contributed by atoms with van der Waals surface area (Å²) in [4.78, 5) is 2.62. The SMILES string of the molecule is NC1CC2CCC(C1)N2Cc1c(-c2c(Cl)cccc2Cl)noc1C1CC1. The molecule has 1 aromatic heterocycles. The van der Waals surface area contributed by atoms with Crippen LogP contribution < -0.4 is 5.73 Å². The standard InChI is InChI=1S/C20H23Cl2N3O/c21-16-2-1-3-17(22)18(16)19-15(20(26-24-19)11-4-5-11)10-25-13-6-7-14(25)9-12(23)8-13/h1-3,11-14H,4-10,23H2. The van der Waals surface area contributed by atoms with E-state index in [2.05, 4.69) is 10.1 Å². The summed E-state index contributed by atoms with van der Waals surface area (Å²) < 4.78 is 5.82. The quantitative estimate of drug-likeness (QED) is 0.797. The van der Waals surface area contributed by atoms with Gasteiger partial charge in [-0.3, -0.25) is 4.90 Å². The van der Waals surface area contributed by atoms with E-state index in [1.807, 2.05) is 18.2 Å². The van der Waals surface area contributed by atoms with Crippen molar-refractivity contribution in [1.82, 2.24) is 10.1 Å². The highest BCUT2D eigenvalue weighted by molar-refractivity contribution is 6.39. The van der Waals surface area contributed by atoms with E-state index in [1.165, 1.54) is 31.2 Å². The first-order chi connectivity index (χ1) is 12.6. The van der Waals surface area contributed by atoms with Gasteiger partial charge in [0, 0.05) is 41.7 Å².